The number of anilines is 1. The molecule has 5 heteroatoms. The Balaban J connectivity index is 2.32. The standard InChI is InChI=1S/C13H16FN3O/c1-9(2)17-6-5-16(13(17)18)8-10-3-4-11(15)7-12(10)14/h3-7,9H,8,15H2,1-2H3. The predicted octanol–water partition coefficient (Wildman–Crippen LogP) is 2.00. The molecule has 0 saturated carbocycles. The van der Waals surface area contributed by atoms with E-state index in [2.05, 4.69) is 0 Å². The highest BCUT2D eigenvalue weighted by molar-refractivity contribution is 5.40. The van der Waals surface area contributed by atoms with Crippen molar-refractivity contribution in [3.63, 3.8) is 0 Å². The van der Waals surface area contributed by atoms with Gasteiger partial charge in [0.15, 0.2) is 0 Å². The Labute approximate surface area is 104 Å². The third-order valence-corrected chi connectivity index (χ3v) is 2.85. The Morgan fingerprint density at radius 3 is 2.61 bits per heavy atom. The second kappa shape index (κ2) is 4.68. The van der Waals surface area contributed by atoms with Gasteiger partial charge in [0.25, 0.3) is 0 Å². The molecular weight excluding hydrogens is 233 g/mol. The van der Waals surface area contributed by atoms with Gasteiger partial charge in [0.2, 0.25) is 0 Å². The Kier molecular flexibility index (Phi) is 3.23. The highest BCUT2D eigenvalue weighted by Gasteiger charge is 2.09. The molecule has 0 unspecified atom stereocenters. The lowest BCUT2D eigenvalue weighted by Gasteiger charge is -2.06. The quantitative estimate of drug-likeness (QED) is 0.846. The number of aromatic nitrogens is 2. The van der Waals surface area contributed by atoms with E-state index in [-0.39, 0.29) is 24.1 Å². The zero-order valence-corrected chi connectivity index (χ0v) is 10.4. The largest absolute Gasteiger partial charge is 0.399 e. The molecule has 1 aromatic carbocycles. The van der Waals surface area contributed by atoms with Crippen LogP contribution in [-0.4, -0.2) is 9.13 Å². The van der Waals surface area contributed by atoms with Crippen LogP contribution in [0.3, 0.4) is 0 Å². The molecule has 0 aliphatic carbocycles. The average Bonchev–Trinajstić information content (AvgIpc) is 2.64. The minimum Gasteiger partial charge on any atom is -0.399 e. The molecule has 18 heavy (non-hydrogen) atoms. The smallest absolute Gasteiger partial charge is 0.328 e. The van der Waals surface area contributed by atoms with E-state index in [1.54, 1.807) is 29.1 Å². The molecule has 96 valence electrons. The van der Waals surface area contributed by atoms with Crippen molar-refractivity contribution in [3.05, 3.63) is 52.5 Å². The van der Waals surface area contributed by atoms with E-state index < -0.39 is 0 Å². The molecule has 1 heterocycles. The number of halogens is 1. The Morgan fingerprint density at radius 2 is 2.06 bits per heavy atom. The summed E-state index contributed by atoms with van der Waals surface area (Å²) in [6.45, 7) is 4.07. The average molecular weight is 249 g/mol. The number of hydrogen-bond acceptors (Lipinski definition) is 2. The van der Waals surface area contributed by atoms with Crippen molar-refractivity contribution in [3.8, 4) is 0 Å². The first-order valence-electron chi connectivity index (χ1n) is 5.80. The molecule has 0 bridgehead atoms. The van der Waals surface area contributed by atoms with Gasteiger partial charge in [-0.3, -0.25) is 9.13 Å². The molecule has 0 fully saturated rings. The molecule has 2 N–H and O–H groups in total. The number of nitrogens with zero attached hydrogens (tertiary/aromatic N) is 2. The van der Waals surface area contributed by atoms with Gasteiger partial charge in [0.1, 0.15) is 5.82 Å². The van der Waals surface area contributed by atoms with Crippen LogP contribution in [0.2, 0.25) is 0 Å². The third-order valence-electron chi connectivity index (χ3n) is 2.85. The van der Waals surface area contributed by atoms with Crippen molar-refractivity contribution < 1.29 is 4.39 Å². The lowest BCUT2D eigenvalue weighted by molar-refractivity contribution is 0.553. The summed E-state index contributed by atoms with van der Waals surface area (Å²) in [7, 11) is 0. The first kappa shape index (κ1) is 12.4. The number of nitrogen functional groups attached to an aromatic ring is 1. The normalized spacial score (nSPS) is 11.1. The number of nitrogens with two attached hydrogens (primary N) is 1. The third kappa shape index (κ3) is 2.30. The summed E-state index contributed by atoms with van der Waals surface area (Å²) in [5.74, 6) is -0.390. The van der Waals surface area contributed by atoms with Gasteiger partial charge >= 0.3 is 5.69 Å². The van der Waals surface area contributed by atoms with E-state index in [1.807, 2.05) is 13.8 Å². The second-order valence-electron chi connectivity index (χ2n) is 4.56. The molecule has 2 aromatic rings. The molecule has 0 spiro atoms. The van der Waals surface area contributed by atoms with Crippen molar-refractivity contribution >= 4 is 5.69 Å². The molecule has 2 rings (SSSR count). The fourth-order valence-corrected chi connectivity index (χ4v) is 1.82. The van der Waals surface area contributed by atoms with Gasteiger partial charge in [-0.05, 0) is 26.0 Å². The predicted molar refractivity (Wildman–Crippen MR) is 69.0 cm³/mol. The summed E-state index contributed by atoms with van der Waals surface area (Å²) in [5.41, 5.74) is 6.17. The molecular formula is C13H16FN3O. The maximum absolute atomic E-state index is 13.6. The monoisotopic (exact) mass is 249 g/mol. The van der Waals surface area contributed by atoms with E-state index >= 15 is 0 Å². The van der Waals surface area contributed by atoms with Crippen LogP contribution >= 0.6 is 0 Å². The fraction of sp³-hybridized carbons (Fsp3) is 0.308. The van der Waals surface area contributed by atoms with Crippen LogP contribution in [0.5, 0.6) is 0 Å². The van der Waals surface area contributed by atoms with Crippen molar-refractivity contribution in [1.82, 2.24) is 9.13 Å². The van der Waals surface area contributed by atoms with Gasteiger partial charge in [-0.25, -0.2) is 9.18 Å². The van der Waals surface area contributed by atoms with Crippen LogP contribution in [-0.2, 0) is 6.54 Å². The molecule has 0 amide bonds. The van der Waals surface area contributed by atoms with E-state index in [0.717, 1.165) is 0 Å². The zero-order chi connectivity index (χ0) is 13.3. The van der Waals surface area contributed by atoms with E-state index in [4.69, 9.17) is 5.73 Å². The minimum atomic E-state index is -0.390. The highest BCUT2D eigenvalue weighted by atomic mass is 19.1. The summed E-state index contributed by atoms with van der Waals surface area (Å²) >= 11 is 0. The summed E-state index contributed by atoms with van der Waals surface area (Å²) in [6.07, 6.45) is 3.38. The van der Waals surface area contributed by atoms with Crippen LogP contribution < -0.4 is 11.4 Å². The number of benzene rings is 1. The van der Waals surface area contributed by atoms with Crippen molar-refractivity contribution in [2.24, 2.45) is 0 Å². The maximum Gasteiger partial charge on any atom is 0.328 e. The van der Waals surface area contributed by atoms with Crippen molar-refractivity contribution in [2.75, 3.05) is 5.73 Å². The molecule has 0 atom stereocenters. The molecule has 4 nitrogen and oxygen atoms in total. The van der Waals surface area contributed by atoms with Gasteiger partial charge in [0.05, 0.1) is 6.54 Å². The molecule has 0 aliphatic heterocycles. The van der Waals surface area contributed by atoms with Gasteiger partial charge in [-0.15, -0.1) is 0 Å². The zero-order valence-electron chi connectivity index (χ0n) is 10.4. The first-order chi connectivity index (χ1) is 8.49. The highest BCUT2D eigenvalue weighted by Crippen LogP contribution is 2.12. The van der Waals surface area contributed by atoms with Crippen LogP contribution in [0.1, 0.15) is 25.5 Å². The maximum atomic E-state index is 13.6. The minimum absolute atomic E-state index is 0.0926. The van der Waals surface area contributed by atoms with Crippen LogP contribution in [0.4, 0.5) is 10.1 Å². The number of hydrogen-bond donors (Lipinski definition) is 1. The Bertz CT molecular complexity index is 613. The van der Waals surface area contributed by atoms with Crippen LogP contribution in [0, 0.1) is 5.82 Å². The Morgan fingerprint density at radius 1 is 1.33 bits per heavy atom. The lowest BCUT2D eigenvalue weighted by Crippen LogP contribution is -2.25. The van der Waals surface area contributed by atoms with Crippen LogP contribution in [0.25, 0.3) is 0 Å². The summed E-state index contributed by atoms with van der Waals surface area (Å²) in [4.78, 5) is 12.0. The molecule has 0 radical (unpaired) electrons. The van der Waals surface area contributed by atoms with Gasteiger partial charge < -0.3 is 5.73 Å². The van der Waals surface area contributed by atoms with Gasteiger partial charge in [-0.1, -0.05) is 6.07 Å². The fourth-order valence-electron chi connectivity index (χ4n) is 1.82. The summed E-state index contributed by atoms with van der Waals surface area (Å²) in [6, 6.07) is 4.59. The van der Waals surface area contributed by atoms with E-state index in [0.29, 0.717) is 11.3 Å². The van der Waals surface area contributed by atoms with E-state index in [9.17, 15) is 9.18 Å². The lowest BCUT2D eigenvalue weighted by atomic mass is 10.2. The molecule has 0 saturated heterocycles. The number of rotatable bonds is 3. The van der Waals surface area contributed by atoms with E-state index in [1.165, 1.54) is 10.6 Å². The van der Waals surface area contributed by atoms with Gasteiger partial charge in [-0.2, -0.15) is 0 Å². The summed E-state index contributed by atoms with van der Waals surface area (Å²) < 4.78 is 16.7. The van der Waals surface area contributed by atoms with Crippen molar-refractivity contribution in [2.45, 2.75) is 26.4 Å². The molecule has 1 aromatic heterocycles. The Hall–Kier alpha value is -2.04. The van der Waals surface area contributed by atoms with Crippen molar-refractivity contribution in [1.29, 1.82) is 0 Å². The second-order valence-corrected chi connectivity index (χ2v) is 4.56. The first-order valence-corrected chi connectivity index (χ1v) is 5.80. The number of imidazole rings is 1. The molecule has 0 aliphatic rings. The summed E-state index contributed by atoms with van der Waals surface area (Å²) in [5, 5.41) is 0. The van der Waals surface area contributed by atoms with Gasteiger partial charge in [0, 0.05) is 29.7 Å². The topological polar surface area (TPSA) is 52.9 Å². The SMILES string of the molecule is CC(C)n1ccn(Cc2ccc(N)cc2F)c1=O. The van der Waals surface area contributed by atoms with Crippen LogP contribution in [0.15, 0.2) is 35.4 Å².